The molecule has 1 fully saturated rings. The Balaban J connectivity index is 1.08. The van der Waals surface area contributed by atoms with Gasteiger partial charge in [-0.15, -0.1) is 0 Å². The number of rotatable bonds is 5. The molecule has 2 aliphatic carbocycles. The van der Waals surface area contributed by atoms with Crippen LogP contribution in [-0.4, -0.2) is 19.5 Å². The number of hydrogen-bond acceptors (Lipinski definition) is 3. The highest BCUT2D eigenvalue weighted by Crippen LogP contribution is 2.58. The molecule has 2 aromatic heterocycles. The van der Waals surface area contributed by atoms with Gasteiger partial charge in [0.05, 0.1) is 11.0 Å². The highest BCUT2D eigenvalue weighted by molar-refractivity contribution is 6.11. The summed E-state index contributed by atoms with van der Waals surface area (Å²) in [6, 6.07) is 60.8. The third-order valence-electron chi connectivity index (χ3n) is 11.8. The van der Waals surface area contributed by atoms with Gasteiger partial charge in [-0.2, -0.15) is 0 Å². The Bertz CT molecular complexity index is 2870. The largest absolute Gasteiger partial charge is 0.309 e. The van der Waals surface area contributed by atoms with Crippen LogP contribution in [0.5, 0.6) is 0 Å². The van der Waals surface area contributed by atoms with Gasteiger partial charge in [-0.3, -0.25) is 0 Å². The summed E-state index contributed by atoms with van der Waals surface area (Å²) in [5, 5.41) is 2.55. The Morgan fingerprint density at radius 3 is 1.72 bits per heavy atom. The fraction of sp³-hybridized carbons (Fsp3) is 0.100. The predicted molar refractivity (Wildman–Crippen MR) is 221 cm³/mol. The van der Waals surface area contributed by atoms with Crippen molar-refractivity contribution >= 4 is 21.8 Å². The number of aromatic nitrogens is 4. The standard InChI is InChI=1S/C50H36N4/c1-3-14-33(15-4-1)34-24-26-36(27-25-34)48-51-47(35-16-5-2-6-17-35)52-49(53-48)37-18-13-19-38(30-37)54-45-23-10-8-21-40(45)42-31-41-39-20-7-9-22-43(39)50(28-11-12-29-50)44(41)32-46(42)54/h1-10,13-27,30-32H,11-12,28-29H2. The van der Waals surface area contributed by atoms with Crippen LogP contribution < -0.4 is 0 Å². The molecular formula is C50H36N4. The molecule has 1 spiro atoms. The first-order chi connectivity index (χ1) is 26.7. The van der Waals surface area contributed by atoms with Crippen LogP contribution in [-0.2, 0) is 5.41 Å². The Morgan fingerprint density at radius 1 is 0.389 bits per heavy atom. The van der Waals surface area contributed by atoms with Gasteiger partial charge in [0.25, 0.3) is 0 Å². The maximum Gasteiger partial charge on any atom is 0.164 e. The molecule has 2 heterocycles. The summed E-state index contributed by atoms with van der Waals surface area (Å²) in [5.41, 5.74) is 14.6. The number of para-hydroxylation sites is 1. The summed E-state index contributed by atoms with van der Waals surface area (Å²) in [6.45, 7) is 0. The van der Waals surface area contributed by atoms with Crippen LogP contribution in [0.25, 0.3) is 83.9 Å². The zero-order chi connectivity index (χ0) is 35.6. The summed E-state index contributed by atoms with van der Waals surface area (Å²) in [5.74, 6) is 1.95. The Labute approximate surface area is 314 Å². The number of hydrogen-bond donors (Lipinski definition) is 0. The van der Waals surface area contributed by atoms with Crippen molar-refractivity contribution in [1.82, 2.24) is 19.5 Å². The fourth-order valence-corrected chi connectivity index (χ4v) is 9.29. The van der Waals surface area contributed by atoms with Crippen LogP contribution in [0.4, 0.5) is 0 Å². The molecule has 256 valence electrons. The minimum Gasteiger partial charge on any atom is -0.309 e. The minimum absolute atomic E-state index is 0.0949. The summed E-state index contributed by atoms with van der Waals surface area (Å²) in [4.78, 5) is 15.2. The van der Waals surface area contributed by atoms with Crippen molar-refractivity contribution in [3.8, 4) is 62.1 Å². The molecule has 0 atom stereocenters. The van der Waals surface area contributed by atoms with Gasteiger partial charge in [-0.25, -0.2) is 15.0 Å². The van der Waals surface area contributed by atoms with Gasteiger partial charge in [0.1, 0.15) is 0 Å². The topological polar surface area (TPSA) is 43.6 Å². The molecule has 54 heavy (non-hydrogen) atoms. The van der Waals surface area contributed by atoms with E-state index in [1.54, 1.807) is 0 Å². The van der Waals surface area contributed by atoms with Gasteiger partial charge in [0.2, 0.25) is 0 Å². The molecule has 0 unspecified atom stereocenters. The Hall–Kier alpha value is -6.65. The number of fused-ring (bicyclic) bond motifs is 8. The second-order valence-corrected chi connectivity index (χ2v) is 14.8. The first kappa shape index (κ1) is 30.9. The lowest BCUT2D eigenvalue weighted by molar-refractivity contribution is 0.550. The minimum atomic E-state index is 0.0949. The molecule has 0 amide bonds. The van der Waals surface area contributed by atoms with E-state index in [1.165, 1.54) is 75.3 Å². The van der Waals surface area contributed by atoms with Gasteiger partial charge >= 0.3 is 0 Å². The second-order valence-electron chi connectivity index (χ2n) is 14.8. The van der Waals surface area contributed by atoms with Gasteiger partial charge in [-0.05, 0) is 76.6 Å². The molecule has 1 saturated carbocycles. The van der Waals surface area contributed by atoms with Gasteiger partial charge in [-0.1, -0.05) is 152 Å². The maximum absolute atomic E-state index is 5.14. The highest BCUT2D eigenvalue weighted by Gasteiger charge is 2.45. The van der Waals surface area contributed by atoms with Crippen molar-refractivity contribution in [2.45, 2.75) is 31.1 Å². The van der Waals surface area contributed by atoms with Crippen LogP contribution in [0.2, 0.25) is 0 Å². The van der Waals surface area contributed by atoms with Crippen molar-refractivity contribution in [3.05, 3.63) is 181 Å². The SMILES string of the molecule is c1ccc(-c2ccc(-c3nc(-c4ccccc4)nc(-c4cccc(-n5c6ccccc6c6cc7c(cc65)C5(CCCC5)c5ccccc5-7)c4)n3)cc2)cc1. The Kier molecular flexibility index (Phi) is 6.99. The lowest BCUT2D eigenvalue weighted by atomic mass is 9.76. The third-order valence-corrected chi connectivity index (χ3v) is 11.8. The van der Waals surface area contributed by atoms with Crippen LogP contribution in [0.15, 0.2) is 170 Å². The molecule has 0 N–H and O–H groups in total. The molecule has 0 bridgehead atoms. The van der Waals surface area contributed by atoms with Crippen LogP contribution in [0.1, 0.15) is 36.8 Å². The van der Waals surface area contributed by atoms with Crippen LogP contribution in [0, 0.1) is 0 Å². The van der Waals surface area contributed by atoms with Crippen molar-refractivity contribution in [2.75, 3.05) is 0 Å². The summed E-state index contributed by atoms with van der Waals surface area (Å²) >= 11 is 0. The summed E-state index contributed by atoms with van der Waals surface area (Å²) in [6.07, 6.45) is 4.96. The van der Waals surface area contributed by atoms with Crippen LogP contribution >= 0.6 is 0 Å². The van der Waals surface area contributed by atoms with Crippen LogP contribution in [0.3, 0.4) is 0 Å². The molecule has 4 nitrogen and oxygen atoms in total. The molecule has 0 aliphatic heterocycles. The van der Waals surface area contributed by atoms with Gasteiger partial charge in [0.15, 0.2) is 17.5 Å². The fourth-order valence-electron chi connectivity index (χ4n) is 9.29. The predicted octanol–water partition coefficient (Wildman–Crippen LogP) is 12.5. The van der Waals surface area contributed by atoms with Gasteiger partial charge < -0.3 is 4.57 Å². The molecule has 4 heteroatoms. The number of nitrogens with zero attached hydrogens (tertiary/aromatic N) is 4. The molecule has 0 saturated heterocycles. The average molecular weight is 693 g/mol. The first-order valence-electron chi connectivity index (χ1n) is 19.0. The highest BCUT2D eigenvalue weighted by atomic mass is 15.0. The van der Waals surface area contributed by atoms with E-state index >= 15 is 0 Å². The molecule has 7 aromatic carbocycles. The van der Waals surface area contributed by atoms with E-state index in [4.69, 9.17) is 15.0 Å². The molecule has 2 aliphatic rings. The molecule has 0 radical (unpaired) electrons. The van der Waals surface area contributed by atoms with Gasteiger partial charge in [0, 0.05) is 38.6 Å². The quantitative estimate of drug-likeness (QED) is 0.180. The van der Waals surface area contributed by atoms with E-state index in [-0.39, 0.29) is 5.41 Å². The molecule has 9 aromatic rings. The third kappa shape index (κ3) is 4.80. The first-order valence-corrected chi connectivity index (χ1v) is 19.0. The van der Waals surface area contributed by atoms with E-state index in [0.717, 1.165) is 27.9 Å². The molecular weight excluding hydrogens is 657 g/mol. The van der Waals surface area contributed by atoms with E-state index in [0.29, 0.717) is 17.5 Å². The normalized spacial score (nSPS) is 14.1. The van der Waals surface area contributed by atoms with Crippen molar-refractivity contribution < 1.29 is 0 Å². The smallest absolute Gasteiger partial charge is 0.164 e. The van der Waals surface area contributed by atoms with Crippen molar-refractivity contribution in [2.24, 2.45) is 0 Å². The second kappa shape index (κ2) is 12.2. The zero-order valence-electron chi connectivity index (χ0n) is 29.8. The van der Waals surface area contributed by atoms with Crippen molar-refractivity contribution in [1.29, 1.82) is 0 Å². The zero-order valence-corrected chi connectivity index (χ0v) is 29.8. The summed E-state index contributed by atoms with van der Waals surface area (Å²) in [7, 11) is 0. The number of benzene rings is 7. The lowest BCUT2D eigenvalue weighted by Gasteiger charge is -2.26. The maximum atomic E-state index is 5.14. The lowest BCUT2D eigenvalue weighted by Crippen LogP contribution is -2.20. The van der Waals surface area contributed by atoms with E-state index in [2.05, 4.69) is 150 Å². The monoisotopic (exact) mass is 692 g/mol. The molecule has 11 rings (SSSR count). The summed E-state index contributed by atoms with van der Waals surface area (Å²) < 4.78 is 2.45. The van der Waals surface area contributed by atoms with E-state index < -0.39 is 0 Å². The van der Waals surface area contributed by atoms with E-state index in [9.17, 15) is 0 Å². The average Bonchev–Trinajstić information content (AvgIpc) is 3.94. The van der Waals surface area contributed by atoms with E-state index in [1.807, 2.05) is 24.3 Å². The van der Waals surface area contributed by atoms with Crippen molar-refractivity contribution in [3.63, 3.8) is 0 Å². The Morgan fingerprint density at radius 2 is 0.963 bits per heavy atom.